The smallest absolute Gasteiger partial charge is 0.312 e. The SMILES string of the molecule is CCCCCC(=O)OCc1ccc(NC(=O)[C@H](CCCNC(N)=O)NC(=O)C(NC(=O)C(C)C)C(C)C)cc1. The molecule has 1 rings (SSSR count). The van der Waals surface area contributed by atoms with Crippen molar-refractivity contribution in [3.05, 3.63) is 29.8 Å². The van der Waals surface area contributed by atoms with Crippen LogP contribution >= 0.6 is 0 Å². The number of hydrogen-bond donors (Lipinski definition) is 5. The second-order valence-corrected chi connectivity index (χ2v) is 10.2. The highest BCUT2D eigenvalue weighted by Crippen LogP contribution is 2.13. The maximum absolute atomic E-state index is 13.1. The van der Waals surface area contributed by atoms with E-state index in [-0.39, 0.29) is 43.3 Å². The van der Waals surface area contributed by atoms with Gasteiger partial charge in [0, 0.05) is 24.6 Å². The molecule has 0 fully saturated rings. The van der Waals surface area contributed by atoms with E-state index < -0.39 is 29.9 Å². The Bertz CT molecular complexity index is 948. The number of amides is 5. The van der Waals surface area contributed by atoms with Crippen molar-refractivity contribution in [1.82, 2.24) is 16.0 Å². The van der Waals surface area contributed by atoms with Gasteiger partial charge in [-0.05, 0) is 42.9 Å². The van der Waals surface area contributed by atoms with E-state index in [0.717, 1.165) is 24.8 Å². The number of benzene rings is 1. The van der Waals surface area contributed by atoms with Crippen LogP contribution < -0.4 is 27.0 Å². The number of carbonyl (C=O) groups excluding carboxylic acids is 5. The quantitative estimate of drug-likeness (QED) is 0.148. The fourth-order valence-corrected chi connectivity index (χ4v) is 3.57. The Balaban J connectivity index is 2.84. The average molecular weight is 548 g/mol. The van der Waals surface area contributed by atoms with Crippen LogP contribution in [-0.2, 0) is 30.5 Å². The van der Waals surface area contributed by atoms with Gasteiger partial charge in [0.1, 0.15) is 18.7 Å². The van der Waals surface area contributed by atoms with Crippen molar-refractivity contribution in [3.8, 4) is 0 Å². The summed E-state index contributed by atoms with van der Waals surface area (Å²) in [7, 11) is 0. The zero-order valence-electron chi connectivity index (χ0n) is 23.8. The average Bonchev–Trinajstić information content (AvgIpc) is 2.87. The molecule has 0 aliphatic carbocycles. The van der Waals surface area contributed by atoms with Crippen LogP contribution in [0.2, 0.25) is 0 Å². The highest BCUT2D eigenvalue weighted by Gasteiger charge is 2.29. The summed E-state index contributed by atoms with van der Waals surface area (Å²) in [5.41, 5.74) is 6.38. The number of esters is 1. The molecule has 1 aromatic carbocycles. The fraction of sp³-hybridized carbons (Fsp3) is 0.607. The largest absolute Gasteiger partial charge is 0.461 e. The van der Waals surface area contributed by atoms with E-state index in [1.54, 1.807) is 52.0 Å². The molecule has 11 nitrogen and oxygen atoms in total. The molecular formula is C28H45N5O6. The number of unbranched alkanes of at least 4 members (excludes halogenated alkanes) is 2. The minimum atomic E-state index is -0.923. The lowest BCUT2D eigenvalue weighted by Crippen LogP contribution is -2.55. The molecule has 0 bridgehead atoms. The van der Waals surface area contributed by atoms with Gasteiger partial charge in [0.25, 0.3) is 0 Å². The lowest BCUT2D eigenvalue weighted by atomic mass is 10.0. The van der Waals surface area contributed by atoms with Crippen molar-refractivity contribution in [1.29, 1.82) is 0 Å². The monoisotopic (exact) mass is 547 g/mol. The van der Waals surface area contributed by atoms with Crippen molar-refractivity contribution >= 4 is 35.4 Å². The van der Waals surface area contributed by atoms with Gasteiger partial charge in [0.2, 0.25) is 17.7 Å². The second kappa shape index (κ2) is 17.8. The summed E-state index contributed by atoms with van der Waals surface area (Å²) in [5, 5.41) is 10.7. The van der Waals surface area contributed by atoms with Crippen LogP contribution in [0, 0.1) is 11.8 Å². The standard InChI is InChI=1S/C28H45N5O6/c1-6-7-8-11-23(34)39-17-20-12-14-21(15-13-20)31-26(36)22(10-9-16-30-28(29)38)32-27(37)24(18(2)3)33-25(35)19(4)5/h12-15,18-19,22,24H,6-11,16-17H2,1-5H3,(H,31,36)(H,32,37)(H,33,35)(H3,29,30,38)/t22-,24?/m0/s1. The number of nitrogens with two attached hydrogens (primary N) is 1. The number of ether oxygens (including phenoxy) is 1. The predicted octanol–water partition coefficient (Wildman–Crippen LogP) is 2.98. The second-order valence-electron chi connectivity index (χ2n) is 10.2. The summed E-state index contributed by atoms with van der Waals surface area (Å²) in [6.07, 6.45) is 3.82. The molecule has 0 saturated carbocycles. The number of anilines is 1. The lowest BCUT2D eigenvalue weighted by molar-refractivity contribution is -0.145. The zero-order chi connectivity index (χ0) is 29.4. The molecule has 0 saturated heterocycles. The molecule has 6 N–H and O–H groups in total. The molecule has 218 valence electrons. The van der Waals surface area contributed by atoms with Gasteiger partial charge in [-0.15, -0.1) is 0 Å². The Labute approximate surface area is 231 Å². The third kappa shape index (κ3) is 13.6. The molecule has 5 amide bonds. The van der Waals surface area contributed by atoms with Gasteiger partial charge >= 0.3 is 12.0 Å². The number of rotatable bonds is 17. The van der Waals surface area contributed by atoms with Crippen LogP contribution in [0.4, 0.5) is 10.5 Å². The summed E-state index contributed by atoms with van der Waals surface area (Å²) in [4.78, 5) is 61.2. The number of nitrogens with one attached hydrogen (secondary N) is 4. The van der Waals surface area contributed by atoms with Crippen molar-refractivity contribution in [3.63, 3.8) is 0 Å². The molecule has 0 radical (unpaired) electrons. The van der Waals surface area contributed by atoms with Crippen molar-refractivity contribution < 1.29 is 28.7 Å². The molecule has 0 heterocycles. The molecule has 0 spiro atoms. The third-order valence-corrected chi connectivity index (χ3v) is 5.98. The fourth-order valence-electron chi connectivity index (χ4n) is 3.57. The van der Waals surface area contributed by atoms with E-state index in [0.29, 0.717) is 18.5 Å². The Hall–Kier alpha value is -3.63. The summed E-state index contributed by atoms with van der Waals surface area (Å²) in [6, 6.07) is 4.45. The summed E-state index contributed by atoms with van der Waals surface area (Å²) >= 11 is 0. The van der Waals surface area contributed by atoms with Gasteiger partial charge in [-0.25, -0.2) is 4.79 Å². The van der Waals surface area contributed by atoms with Crippen LogP contribution in [0.3, 0.4) is 0 Å². The van der Waals surface area contributed by atoms with Crippen LogP contribution in [0.1, 0.15) is 78.7 Å². The molecule has 0 aliphatic heterocycles. The summed E-state index contributed by atoms with van der Waals surface area (Å²) in [6.45, 7) is 9.52. The number of primary amides is 1. The third-order valence-electron chi connectivity index (χ3n) is 5.98. The Morgan fingerprint density at radius 2 is 1.54 bits per heavy atom. The minimum Gasteiger partial charge on any atom is -0.461 e. The highest BCUT2D eigenvalue weighted by atomic mass is 16.5. The molecule has 39 heavy (non-hydrogen) atoms. The Morgan fingerprint density at radius 3 is 2.10 bits per heavy atom. The van der Waals surface area contributed by atoms with Gasteiger partial charge < -0.3 is 31.7 Å². The molecule has 2 atom stereocenters. The molecular weight excluding hydrogens is 502 g/mol. The van der Waals surface area contributed by atoms with Crippen LogP contribution in [0.15, 0.2) is 24.3 Å². The van der Waals surface area contributed by atoms with Crippen molar-refractivity contribution in [2.45, 2.75) is 91.8 Å². The van der Waals surface area contributed by atoms with Crippen molar-refractivity contribution in [2.24, 2.45) is 17.6 Å². The summed E-state index contributed by atoms with van der Waals surface area (Å²) < 4.78 is 5.29. The number of carbonyl (C=O) groups is 5. The topological polar surface area (TPSA) is 169 Å². The van der Waals surface area contributed by atoms with E-state index in [1.165, 1.54) is 0 Å². The Morgan fingerprint density at radius 1 is 0.872 bits per heavy atom. The lowest BCUT2D eigenvalue weighted by Gasteiger charge is -2.26. The highest BCUT2D eigenvalue weighted by molar-refractivity contribution is 5.98. The zero-order valence-corrected chi connectivity index (χ0v) is 23.8. The molecule has 11 heteroatoms. The van der Waals surface area contributed by atoms with Gasteiger partial charge in [-0.2, -0.15) is 0 Å². The maximum atomic E-state index is 13.1. The van der Waals surface area contributed by atoms with Gasteiger partial charge in [-0.3, -0.25) is 19.2 Å². The van der Waals surface area contributed by atoms with Crippen LogP contribution in [0.5, 0.6) is 0 Å². The number of urea groups is 1. The van der Waals surface area contributed by atoms with E-state index in [4.69, 9.17) is 10.5 Å². The van der Waals surface area contributed by atoms with E-state index in [9.17, 15) is 24.0 Å². The maximum Gasteiger partial charge on any atom is 0.312 e. The molecule has 0 aliphatic rings. The molecule has 1 aromatic rings. The molecule has 1 unspecified atom stereocenters. The van der Waals surface area contributed by atoms with Crippen molar-refractivity contribution in [2.75, 3.05) is 11.9 Å². The predicted molar refractivity (Wildman–Crippen MR) is 149 cm³/mol. The molecule has 0 aromatic heterocycles. The normalized spacial score (nSPS) is 12.4. The van der Waals surface area contributed by atoms with Gasteiger partial charge in [0.05, 0.1) is 0 Å². The van der Waals surface area contributed by atoms with E-state index in [1.807, 2.05) is 0 Å². The van der Waals surface area contributed by atoms with Crippen LogP contribution in [0.25, 0.3) is 0 Å². The number of hydrogen-bond acceptors (Lipinski definition) is 6. The van der Waals surface area contributed by atoms with E-state index >= 15 is 0 Å². The minimum absolute atomic E-state index is 0.142. The first-order valence-electron chi connectivity index (χ1n) is 13.6. The first-order chi connectivity index (χ1) is 18.4. The van der Waals surface area contributed by atoms with Gasteiger partial charge in [-0.1, -0.05) is 59.6 Å². The first kappa shape index (κ1) is 33.4. The summed E-state index contributed by atoms with van der Waals surface area (Å²) in [5.74, 6) is -1.93. The van der Waals surface area contributed by atoms with Crippen LogP contribution in [-0.4, -0.2) is 48.4 Å². The Kier molecular flexibility index (Phi) is 15.2. The van der Waals surface area contributed by atoms with E-state index in [2.05, 4.69) is 28.2 Å². The van der Waals surface area contributed by atoms with Gasteiger partial charge in [0.15, 0.2) is 0 Å². The first-order valence-corrected chi connectivity index (χ1v) is 13.6.